The Balaban J connectivity index is 2.22. The average Bonchev–Trinajstić information content (AvgIpc) is 2.69. The molecular weight excluding hydrogens is 271 g/mol. The standard InChI is InChI=1S/C14H6F3NO2/c15-9-5-6-10(16)12(11(9)17)18-13(19)7-3-1-2-4-8(7)14(18)20/h1-6H. The van der Waals surface area contributed by atoms with Crippen LogP contribution in [0.2, 0.25) is 0 Å². The maximum atomic E-state index is 13.7. The van der Waals surface area contributed by atoms with Gasteiger partial charge in [-0.15, -0.1) is 0 Å². The third-order valence-electron chi connectivity index (χ3n) is 3.04. The minimum Gasteiger partial charge on any atom is -0.268 e. The molecule has 0 spiro atoms. The number of anilines is 1. The molecule has 6 heteroatoms. The number of halogens is 3. The minimum absolute atomic E-state index is 0.0283. The summed E-state index contributed by atoms with van der Waals surface area (Å²) in [6.45, 7) is 0. The predicted octanol–water partition coefficient (Wildman–Crippen LogP) is 2.90. The van der Waals surface area contributed by atoms with Crippen LogP contribution in [0.25, 0.3) is 0 Å². The summed E-state index contributed by atoms with van der Waals surface area (Å²) in [4.78, 5) is 24.5. The van der Waals surface area contributed by atoms with Crippen LogP contribution in [0.1, 0.15) is 20.7 Å². The van der Waals surface area contributed by atoms with Crippen molar-refractivity contribution in [1.29, 1.82) is 0 Å². The van der Waals surface area contributed by atoms with Crippen LogP contribution in [0.5, 0.6) is 0 Å². The SMILES string of the molecule is O=C1c2ccccc2C(=O)N1c1c(F)ccc(F)c1F. The molecule has 2 amide bonds. The van der Waals surface area contributed by atoms with Crippen LogP contribution in [0.3, 0.4) is 0 Å². The predicted molar refractivity (Wildman–Crippen MR) is 63.9 cm³/mol. The van der Waals surface area contributed by atoms with Gasteiger partial charge in [0.15, 0.2) is 17.5 Å². The van der Waals surface area contributed by atoms with Crippen molar-refractivity contribution in [3.8, 4) is 0 Å². The van der Waals surface area contributed by atoms with E-state index in [0.29, 0.717) is 17.0 Å². The van der Waals surface area contributed by atoms with Gasteiger partial charge in [0, 0.05) is 0 Å². The fourth-order valence-electron chi connectivity index (χ4n) is 2.11. The Labute approximate surface area is 111 Å². The second-order valence-corrected chi connectivity index (χ2v) is 4.18. The van der Waals surface area contributed by atoms with Crippen molar-refractivity contribution in [2.75, 3.05) is 4.90 Å². The molecule has 0 atom stereocenters. The Bertz CT molecular complexity index is 723. The molecule has 20 heavy (non-hydrogen) atoms. The molecule has 2 aromatic carbocycles. The summed E-state index contributed by atoms with van der Waals surface area (Å²) in [5, 5.41) is 0. The summed E-state index contributed by atoms with van der Waals surface area (Å²) in [6, 6.07) is 7.02. The fraction of sp³-hybridized carbons (Fsp3) is 0. The normalized spacial score (nSPS) is 13.8. The number of carbonyl (C=O) groups excluding carboxylic acids is 2. The van der Waals surface area contributed by atoms with E-state index < -0.39 is 35.0 Å². The molecule has 1 heterocycles. The number of rotatable bonds is 1. The summed E-state index contributed by atoms with van der Waals surface area (Å²) in [5.41, 5.74) is -0.933. The van der Waals surface area contributed by atoms with Crippen molar-refractivity contribution >= 4 is 17.5 Å². The first-order valence-corrected chi connectivity index (χ1v) is 5.63. The zero-order valence-electron chi connectivity index (χ0n) is 9.86. The van der Waals surface area contributed by atoms with Crippen molar-refractivity contribution < 1.29 is 22.8 Å². The Hall–Kier alpha value is -2.63. The van der Waals surface area contributed by atoms with Crippen LogP contribution in [0, 0.1) is 17.5 Å². The monoisotopic (exact) mass is 277 g/mol. The van der Waals surface area contributed by atoms with Crippen LogP contribution in [-0.2, 0) is 0 Å². The second kappa shape index (κ2) is 4.19. The van der Waals surface area contributed by atoms with Gasteiger partial charge in [-0.05, 0) is 24.3 Å². The minimum atomic E-state index is -1.57. The van der Waals surface area contributed by atoms with Gasteiger partial charge in [-0.2, -0.15) is 0 Å². The first-order valence-electron chi connectivity index (χ1n) is 5.63. The van der Waals surface area contributed by atoms with Crippen molar-refractivity contribution in [2.24, 2.45) is 0 Å². The van der Waals surface area contributed by atoms with Crippen LogP contribution in [0.4, 0.5) is 18.9 Å². The summed E-state index contributed by atoms with van der Waals surface area (Å²) in [6.07, 6.45) is 0. The lowest BCUT2D eigenvalue weighted by molar-refractivity contribution is 0.0923. The first-order chi connectivity index (χ1) is 9.52. The average molecular weight is 277 g/mol. The number of nitrogens with zero attached hydrogens (tertiary/aromatic N) is 1. The largest absolute Gasteiger partial charge is 0.268 e. The van der Waals surface area contributed by atoms with Crippen LogP contribution in [0.15, 0.2) is 36.4 Å². The Morgan fingerprint density at radius 3 is 1.80 bits per heavy atom. The molecule has 3 nitrogen and oxygen atoms in total. The molecule has 100 valence electrons. The molecule has 0 fully saturated rings. The molecular formula is C14H6F3NO2. The molecule has 0 bridgehead atoms. The topological polar surface area (TPSA) is 37.4 Å². The molecule has 0 saturated heterocycles. The van der Waals surface area contributed by atoms with Crippen molar-refractivity contribution in [3.05, 3.63) is 65.0 Å². The fourth-order valence-corrected chi connectivity index (χ4v) is 2.11. The molecule has 0 saturated carbocycles. The lowest BCUT2D eigenvalue weighted by Crippen LogP contribution is -2.31. The van der Waals surface area contributed by atoms with Crippen molar-refractivity contribution in [2.45, 2.75) is 0 Å². The van der Waals surface area contributed by atoms with Gasteiger partial charge in [-0.1, -0.05) is 12.1 Å². The third kappa shape index (κ3) is 1.54. The number of hydrogen-bond acceptors (Lipinski definition) is 2. The highest BCUT2D eigenvalue weighted by Crippen LogP contribution is 2.32. The molecule has 0 aromatic heterocycles. The maximum absolute atomic E-state index is 13.7. The van der Waals surface area contributed by atoms with E-state index in [1.807, 2.05) is 0 Å². The zero-order chi connectivity index (χ0) is 14.4. The maximum Gasteiger partial charge on any atom is 0.266 e. The van der Waals surface area contributed by atoms with Gasteiger partial charge >= 0.3 is 0 Å². The number of carbonyl (C=O) groups is 2. The van der Waals surface area contributed by atoms with E-state index in [0.717, 1.165) is 0 Å². The van der Waals surface area contributed by atoms with Crippen LogP contribution < -0.4 is 4.90 Å². The first kappa shape index (κ1) is 12.4. The molecule has 0 aliphatic carbocycles. The van der Waals surface area contributed by atoms with Crippen molar-refractivity contribution in [3.63, 3.8) is 0 Å². The third-order valence-corrected chi connectivity index (χ3v) is 3.04. The van der Waals surface area contributed by atoms with E-state index in [1.165, 1.54) is 24.3 Å². The van der Waals surface area contributed by atoms with E-state index >= 15 is 0 Å². The summed E-state index contributed by atoms with van der Waals surface area (Å²) >= 11 is 0. The molecule has 1 aliphatic heterocycles. The lowest BCUT2D eigenvalue weighted by Gasteiger charge is -2.15. The van der Waals surface area contributed by atoms with Gasteiger partial charge in [0.25, 0.3) is 11.8 Å². The number of hydrogen-bond donors (Lipinski definition) is 0. The van der Waals surface area contributed by atoms with Gasteiger partial charge in [0.2, 0.25) is 0 Å². The van der Waals surface area contributed by atoms with Gasteiger partial charge in [0.1, 0.15) is 5.69 Å². The van der Waals surface area contributed by atoms with Gasteiger partial charge < -0.3 is 0 Å². The molecule has 0 N–H and O–H groups in total. The highest BCUT2D eigenvalue weighted by atomic mass is 19.2. The molecule has 3 rings (SSSR count). The van der Waals surface area contributed by atoms with Crippen molar-refractivity contribution in [1.82, 2.24) is 0 Å². The number of amides is 2. The smallest absolute Gasteiger partial charge is 0.266 e. The molecule has 2 aromatic rings. The van der Waals surface area contributed by atoms with Crippen LogP contribution in [-0.4, -0.2) is 11.8 Å². The summed E-state index contributed by atoms with van der Waals surface area (Å²) in [5.74, 6) is -5.85. The quantitative estimate of drug-likeness (QED) is 0.593. The number of imide groups is 1. The van der Waals surface area contributed by atoms with Crippen LogP contribution >= 0.6 is 0 Å². The number of fused-ring (bicyclic) bond motifs is 1. The second-order valence-electron chi connectivity index (χ2n) is 4.18. The van der Waals surface area contributed by atoms with Gasteiger partial charge in [-0.3, -0.25) is 9.59 Å². The van der Waals surface area contributed by atoms with E-state index in [1.54, 1.807) is 0 Å². The molecule has 0 radical (unpaired) electrons. The van der Waals surface area contributed by atoms with E-state index in [4.69, 9.17) is 0 Å². The Morgan fingerprint density at radius 1 is 0.750 bits per heavy atom. The highest BCUT2D eigenvalue weighted by Gasteiger charge is 2.39. The van der Waals surface area contributed by atoms with E-state index in [2.05, 4.69) is 0 Å². The van der Waals surface area contributed by atoms with Gasteiger partial charge in [-0.25, -0.2) is 18.1 Å². The van der Waals surface area contributed by atoms with E-state index in [9.17, 15) is 22.8 Å². The van der Waals surface area contributed by atoms with Gasteiger partial charge in [0.05, 0.1) is 11.1 Å². The highest BCUT2D eigenvalue weighted by molar-refractivity contribution is 6.34. The molecule has 1 aliphatic rings. The molecule has 0 unspecified atom stereocenters. The Morgan fingerprint density at radius 2 is 1.25 bits per heavy atom. The Kier molecular flexibility index (Phi) is 2.60. The van der Waals surface area contributed by atoms with E-state index in [-0.39, 0.29) is 11.1 Å². The number of benzene rings is 2. The zero-order valence-corrected chi connectivity index (χ0v) is 9.86. The lowest BCUT2D eigenvalue weighted by atomic mass is 10.1. The summed E-state index contributed by atoms with van der Waals surface area (Å²) in [7, 11) is 0. The summed E-state index contributed by atoms with van der Waals surface area (Å²) < 4.78 is 40.6.